The lowest BCUT2D eigenvalue weighted by atomic mass is 10.2. The Balaban J connectivity index is 1.62. The van der Waals surface area contributed by atoms with Crippen molar-refractivity contribution < 1.29 is 5.11 Å². The Morgan fingerprint density at radius 1 is 1.12 bits per heavy atom. The van der Waals surface area contributed by atoms with E-state index in [1.165, 1.54) is 5.56 Å². The second-order valence-electron chi connectivity index (χ2n) is 5.67. The van der Waals surface area contributed by atoms with Crippen molar-refractivity contribution in [2.75, 3.05) is 30.4 Å². The molecule has 0 fully saturated rings. The molecule has 0 unspecified atom stereocenters. The molecule has 0 atom stereocenters. The zero-order chi connectivity index (χ0) is 16.8. The van der Waals surface area contributed by atoms with Gasteiger partial charge in [0, 0.05) is 43.9 Å². The minimum atomic E-state index is 0.156. The summed E-state index contributed by atoms with van der Waals surface area (Å²) in [5.74, 6) is 0. The van der Waals surface area contributed by atoms with Gasteiger partial charge in [-0.3, -0.25) is 0 Å². The molecule has 0 aliphatic heterocycles. The molecule has 0 aliphatic rings. The average molecular weight is 322 g/mol. The highest BCUT2D eigenvalue weighted by Gasteiger charge is 2.01. The molecule has 0 bridgehead atoms. The highest BCUT2D eigenvalue weighted by molar-refractivity contribution is 5.55. The smallest absolute Gasteiger partial charge is 0.0648 e. The standard InChI is InChI=1S/C19H22N4O/c1-22(12-13-24)18-8-6-17(7-9-18)20-15-16-4-2-5-19(14-16)23-11-3-10-21-23/h2-11,14,20,24H,12-13,15H2,1H3. The van der Waals surface area contributed by atoms with Crippen LogP contribution in [-0.2, 0) is 6.54 Å². The summed E-state index contributed by atoms with van der Waals surface area (Å²) in [4.78, 5) is 2.03. The molecule has 1 aromatic heterocycles. The van der Waals surface area contributed by atoms with E-state index in [4.69, 9.17) is 5.11 Å². The van der Waals surface area contributed by atoms with Crippen LogP contribution in [0, 0.1) is 0 Å². The van der Waals surface area contributed by atoms with E-state index in [9.17, 15) is 0 Å². The van der Waals surface area contributed by atoms with Gasteiger partial charge >= 0.3 is 0 Å². The Morgan fingerprint density at radius 3 is 2.67 bits per heavy atom. The lowest BCUT2D eigenvalue weighted by molar-refractivity contribution is 0.304. The highest BCUT2D eigenvalue weighted by Crippen LogP contribution is 2.18. The van der Waals surface area contributed by atoms with Crippen LogP contribution in [-0.4, -0.2) is 35.1 Å². The number of aromatic nitrogens is 2. The minimum absolute atomic E-state index is 0.156. The monoisotopic (exact) mass is 322 g/mol. The van der Waals surface area contributed by atoms with E-state index in [0.717, 1.165) is 23.6 Å². The third-order valence-corrected chi connectivity index (χ3v) is 3.92. The number of rotatable bonds is 7. The van der Waals surface area contributed by atoms with E-state index >= 15 is 0 Å². The van der Waals surface area contributed by atoms with Crippen molar-refractivity contribution in [2.24, 2.45) is 0 Å². The fourth-order valence-corrected chi connectivity index (χ4v) is 2.55. The van der Waals surface area contributed by atoms with Crippen molar-refractivity contribution in [3.63, 3.8) is 0 Å². The molecular formula is C19H22N4O. The summed E-state index contributed by atoms with van der Waals surface area (Å²) in [5.41, 5.74) is 4.42. The van der Waals surface area contributed by atoms with Crippen molar-refractivity contribution in [3.05, 3.63) is 72.6 Å². The molecule has 0 spiro atoms. The van der Waals surface area contributed by atoms with Crippen molar-refractivity contribution in [1.82, 2.24) is 9.78 Å². The van der Waals surface area contributed by atoms with E-state index in [2.05, 4.69) is 46.8 Å². The Bertz CT molecular complexity index is 753. The van der Waals surface area contributed by atoms with Crippen LogP contribution in [0.5, 0.6) is 0 Å². The first-order valence-electron chi connectivity index (χ1n) is 8.01. The Kier molecular flexibility index (Phi) is 5.13. The first-order valence-corrected chi connectivity index (χ1v) is 8.01. The van der Waals surface area contributed by atoms with Gasteiger partial charge in [0.25, 0.3) is 0 Å². The normalized spacial score (nSPS) is 10.6. The van der Waals surface area contributed by atoms with E-state index in [0.29, 0.717) is 6.54 Å². The SMILES string of the molecule is CN(CCO)c1ccc(NCc2cccc(-n3cccn3)c2)cc1. The molecule has 124 valence electrons. The number of aliphatic hydroxyl groups is 1. The molecule has 0 saturated carbocycles. The molecule has 3 rings (SSSR count). The van der Waals surface area contributed by atoms with Crippen LogP contribution < -0.4 is 10.2 Å². The highest BCUT2D eigenvalue weighted by atomic mass is 16.3. The third-order valence-electron chi connectivity index (χ3n) is 3.92. The second-order valence-corrected chi connectivity index (χ2v) is 5.67. The maximum atomic E-state index is 8.99. The summed E-state index contributed by atoms with van der Waals surface area (Å²) in [6.45, 7) is 1.54. The van der Waals surface area contributed by atoms with Crippen LogP contribution in [0.1, 0.15) is 5.56 Å². The summed E-state index contributed by atoms with van der Waals surface area (Å²) in [5, 5.41) is 16.7. The molecule has 0 saturated heterocycles. The van der Waals surface area contributed by atoms with Gasteiger partial charge in [-0.1, -0.05) is 12.1 Å². The van der Waals surface area contributed by atoms with Crippen LogP contribution in [0.25, 0.3) is 5.69 Å². The summed E-state index contributed by atoms with van der Waals surface area (Å²) >= 11 is 0. The Labute approximate surface area is 142 Å². The van der Waals surface area contributed by atoms with Crippen LogP contribution in [0.15, 0.2) is 67.0 Å². The lowest BCUT2D eigenvalue weighted by Gasteiger charge is -2.18. The molecule has 24 heavy (non-hydrogen) atoms. The van der Waals surface area contributed by atoms with Crippen molar-refractivity contribution >= 4 is 11.4 Å². The predicted octanol–water partition coefficient (Wildman–Crippen LogP) is 2.91. The fourth-order valence-electron chi connectivity index (χ4n) is 2.55. The zero-order valence-electron chi connectivity index (χ0n) is 13.8. The van der Waals surface area contributed by atoms with Crippen molar-refractivity contribution in [3.8, 4) is 5.69 Å². The molecular weight excluding hydrogens is 300 g/mol. The molecule has 0 aliphatic carbocycles. The van der Waals surface area contributed by atoms with Crippen LogP contribution >= 0.6 is 0 Å². The number of nitrogens with one attached hydrogen (secondary N) is 1. The molecule has 0 amide bonds. The number of nitrogens with zero attached hydrogens (tertiary/aromatic N) is 3. The van der Waals surface area contributed by atoms with Gasteiger partial charge in [0.2, 0.25) is 0 Å². The zero-order valence-corrected chi connectivity index (χ0v) is 13.8. The summed E-state index contributed by atoms with van der Waals surface area (Å²) in [7, 11) is 1.97. The van der Waals surface area contributed by atoms with E-state index in [1.807, 2.05) is 41.0 Å². The first-order chi connectivity index (χ1) is 11.8. The van der Waals surface area contributed by atoms with Gasteiger partial charge in [-0.15, -0.1) is 0 Å². The summed E-state index contributed by atoms with van der Waals surface area (Å²) in [6.07, 6.45) is 3.72. The van der Waals surface area contributed by atoms with Gasteiger partial charge in [-0.2, -0.15) is 5.10 Å². The maximum Gasteiger partial charge on any atom is 0.0648 e. The molecule has 2 aromatic carbocycles. The second kappa shape index (κ2) is 7.66. The molecule has 0 radical (unpaired) electrons. The molecule has 3 aromatic rings. The molecule has 2 N–H and O–H groups in total. The lowest BCUT2D eigenvalue weighted by Crippen LogP contribution is -2.20. The van der Waals surface area contributed by atoms with Gasteiger partial charge in [-0.05, 0) is 48.0 Å². The van der Waals surface area contributed by atoms with Gasteiger partial charge in [-0.25, -0.2) is 4.68 Å². The van der Waals surface area contributed by atoms with E-state index < -0.39 is 0 Å². The number of benzene rings is 2. The Morgan fingerprint density at radius 2 is 1.96 bits per heavy atom. The van der Waals surface area contributed by atoms with Crippen LogP contribution in [0.3, 0.4) is 0 Å². The van der Waals surface area contributed by atoms with Gasteiger partial charge in [0.05, 0.1) is 12.3 Å². The van der Waals surface area contributed by atoms with Gasteiger partial charge in [0.1, 0.15) is 0 Å². The van der Waals surface area contributed by atoms with Gasteiger partial charge < -0.3 is 15.3 Å². The van der Waals surface area contributed by atoms with Crippen molar-refractivity contribution in [1.29, 1.82) is 0 Å². The average Bonchev–Trinajstić information content (AvgIpc) is 3.16. The maximum absolute atomic E-state index is 8.99. The summed E-state index contributed by atoms with van der Waals surface area (Å²) in [6, 6.07) is 18.5. The predicted molar refractivity (Wildman–Crippen MR) is 97.7 cm³/mol. The summed E-state index contributed by atoms with van der Waals surface area (Å²) < 4.78 is 1.86. The van der Waals surface area contributed by atoms with Crippen LogP contribution in [0.2, 0.25) is 0 Å². The topological polar surface area (TPSA) is 53.3 Å². The molecule has 5 heteroatoms. The number of aliphatic hydroxyl groups excluding tert-OH is 1. The van der Waals surface area contributed by atoms with Crippen molar-refractivity contribution in [2.45, 2.75) is 6.54 Å². The third kappa shape index (κ3) is 3.94. The molecule has 5 nitrogen and oxygen atoms in total. The number of likely N-dealkylation sites (N-methyl/N-ethyl adjacent to an activating group) is 1. The number of hydrogen-bond acceptors (Lipinski definition) is 4. The first kappa shape index (κ1) is 16.1. The van der Waals surface area contributed by atoms with Crippen LogP contribution in [0.4, 0.5) is 11.4 Å². The number of hydrogen-bond donors (Lipinski definition) is 2. The largest absolute Gasteiger partial charge is 0.395 e. The van der Waals surface area contributed by atoms with E-state index in [1.54, 1.807) is 6.20 Å². The minimum Gasteiger partial charge on any atom is -0.395 e. The fraction of sp³-hybridized carbons (Fsp3) is 0.211. The Hall–Kier alpha value is -2.79. The van der Waals surface area contributed by atoms with E-state index in [-0.39, 0.29) is 6.61 Å². The molecule has 1 heterocycles. The quantitative estimate of drug-likeness (QED) is 0.702. The number of anilines is 2. The van der Waals surface area contributed by atoms with Gasteiger partial charge in [0.15, 0.2) is 0 Å².